The zero-order valence-corrected chi connectivity index (χ0v) is 17.2. The van der Waals surface area contributed by atoms with Gasteiger partial charge >= 0.3 is 5.97 Å². The van der Waals surface area contributed by atoms with Gasteiger partial charge in [-0.2, -0.15) is 4.98 Å². The van der Waals surface area contributed by atoms with Gasteiger partial charge in [0.25, 0.3) is 17.7 Å². The minimum Gasteiger partial charge on any atom is -0.454 e. The van der Waals surface area contributed by atoms with Crippen LogP contribution >= 0.6 is 11.3 Å². The van der Waals surface area contributed by atoms with Crippen molar-refractivity contribution in [2.24, 2.45) is 5.92 Å². The lowest BCUT2D eigenvalue weighted by Crippen LogP contribution is -2.46. The molecule has 4 rings (SSSR count). The number of hydrogen-bond acceptors (Lipinski definition) is 8. The van der Waals surface area contributed by atoms with Crippen molar-refractivity contribution in [3.8, 4) is 10.7 Å². The average molecular weight is 425 g/mol. The monoisotopic (exact) mass is 425 g/mol. The summed E-state index contributed by atoms with van der Waals surface area (Å²) in [6, 6.07) is 9.22. The molecule has 2 amide bonds. The van der Waals surface area contributed by atoms with Crippen molar-refractivity contribution in [3.63, 3.8) is 0 Å². The second-order valence-electron chi connectivity index (χ2n) is 7.27. The van der Waals surface area contributed by atoms with E-state index in [0.717, 1.165) is 9.78 Å². The number of fused-ring (bicyclic) bond motifs is 1. The molecule has 0 saturated carbocycles. The summed E-state index contributed by atoms with van der Waals surface area (Å²) in [7, 11) is 0. The van der Waals surface area contributed by atoms with Gasteiger partial charge in [0.05, 0.1) is 16.0 Å². The van der Waals surface area contributed by atoms with Gasteiger partial charge in [-0.15, -0.1) is 11.3 Å². The largest absolute Gasteiger partial charge is 0.454 e. The van der Waals surface area contributed by atoms with Gasteiger partial charge in [0.15, 0.2) is 6.61 Å². The molecule has 0 bridgehead atoms. The summed E-state index contributed by atoms with van der Waals surface area (Å²) in [5.74, 6) is -1.06. The number of nitrogens with zero attached hydrogens (tertiary/aromatic N) is 3. The summed E-state index contributed by atoms with van der Waals surface area (Å²) >= 11 is 1.46. The normalized spacial score (nSPS) is 14.3. The fourth-order valence-electron chi connectivity index (χ4n) is 3.29. The molecule has 1 aliphatic heterocycles. The third-order valence-electron chi connectivity index (χ3n) is 4.65. The molecule has 0 saturated heterocycles. The van der Waals surface area contributed by atoms with E-state index in [1.165, 1.54) is 11.3 Å². The Hall–Kier alpha value is -3.33. The van der Waals surface area contributed by atoms with Crippen LogP contribution in [0.2, 0.25) is 0 Å². The number of imide groups is 1. The van der Waals surface area contributed by atoms with E-state index < -0.39 is 23.8 Å². The van der Waals surface area contributed by atoms with E-state index in [0.29, 0.717) is 17.0 Å². The molecule has 1 aliphatic rings. The Kier molecular flexibility index (Phi) is 5.45. The lowest BCUT2D eigenvalue weighted by Gasteiger charge is -2.25. The van der Waals surface area contributed by atoms with Crippen LogP contribution < -0.4 is 0 Å². The number of thiophene rings is 1. The van der Waals surface area contributed by atoms with Crippen LogP contribution in [0.5, 0.6) is 0 Å². The van der Waals surface area contributed by atoms with Gasteiger partial charge in [0.2, 0.25) is 5.82 Å². The molecule has 30 heavy (non-hydrogen) atoms. The number of aromatic nitrogens is 2. The van der Waals surface area contributed by atoms with Crippen LogP contribution in [0.3, 0.4) is 0 Å². The number of esters is 1. The highest BCUT2D eigenvalue weighted by atomic mass is 32.1. The summed E-state index contributed by atoms with van der Waals surface area (Å²) < 4.78 is 10.5. The van der Waals surface area contributed by atoms with Crippen LogP contribution in [0.25, 0.3) is 10.7 Å². The fraction of sp³-hybridized carbons (Fsp3) is 0.286. The molecule has 0 spiro atoms. The second-order valence-corrected chi connectivity index (χ2v) is 8.22. The molecule has 0 N–H and O–H groups in total. The molecule has 1 atom stereocenters. The zero-order valence-electron chi connectivity index (χ0n) is 16.4. The van der Waals surface area contributed by atoms with Crippen molar-refractivity contribution >= 4 is 29.1 Å². The minimum absolute atomic E-state index is 0.0562. The minimum atomic E-state index is -1.03. The highest BCUT2D eigenvalue weighted by Crippen LogP contribution is 2.28. The Bertz CT molecular complexity index is 1050. The van der Waals surface area contributed by atoms with E-state index in [1.54, 1.807) is 24.3 Å². The Morgan fingerprint density at radius 3 is 2.43 bits per heavy atom. The van der Waals surface area contributed by atoms with Crippen molar-refractivity contribution in [2.45, 2.75) is 32.9 Å². The first-order chi connectivity index (χ1) is 14.5. The Morgan fingerprint density at radius 1 is 1.13 bits per heavy atom. The van der Waals surface area contributed by atoms with Gasteiger partial charge in [-0.25, -0.2) is 4.79 Å². The third kappa shape index (κ3) is 3.76. The van der Waals surface area contributed by atoms with Crippen molar-refractivity contribution < 1.29 is 23.6 Å². The predicted molar refractivity (Wildman–Crippen MR) is 108 cm³/mol. The molecule has 3 heterocycles. The fourth-order valence-corrected chi connectivity index (χ4v) is 3.94. The first kappa shape index (κ1) is 20.0. The lowest BCUT2D eigenvalue weighted by atomic mass is 10.0. The van der Waals surface area contributed by atoms with E-state index >= 15 is 0 Å². The molecular weight excluding hydrogens is 406 g/mol. The van der Waals surface area contributed by atoms with Crippen LogP contribution in [0.4, 0.5) is 0 Å². The van der Waals surface area contributed by atoms with E-state index in [1.807, 2.05) is 31.4 Å². The van der Waals surface area contributed by atoms with E-state index in [4.69, 9.17) is 9.26 Å². The second kappa shape index (κ2) is 8.19. The van der Waals surface area contributed by atoms with E-state index in [9.17, 15) is 14.4 Å². The van der Waals surface area contributed by atoms with Gasteiger partial charge in [-0.1, -0.05) is 37.2 Å². The summed E-state index contributed by atoms with van der Waals surface area (Å²) in [6.45, 7) is 3.57. The molecule has 9 heteroatoms. The Labute approximate surface area is 176 Å². The molecule has 0 aliphatic carbocycles. The molecule has 8 nitrogen and oxygen atoms in total. The standard InChI is InChI=1S/C21H19N3O5S/c1-12(2)10-15(24-19(25)13-6-3-4-7-14(13)20(24)26)21(27)28-11-17-22-18(23-29-17)16-8-5-9-30-16/h3-9,12,15H,10-11H2,1-2H3. The van der Waals surface area contributed by atoms with Crippen LogP contribution in [0, 0.1) is 5.92 Å². The molecule has 2 aromatic heterocycles. The van der Waals surface area contributed by atoms with Gasteiger partial charge in [0, 0.05) is 0 Å². The van der Waals surface area contributed by atoms with Crippen LogP contribution in [-0.2, 0) is 16.1 Å². The number of carbonyl (C=O) groups is 3. The molecule has 3 aromatic rings. The van der Waals surface area contributed by atoms with Crippen molar-refractivity contribution in [1.82, 2.24) is 15.0 Å². The SMILES string of the molecule is CC(C)CC(C(=O)OCc1nc(-c2cccs2)no1)N1C(=O)c2ccccc2C1=O. The van der Waals surface area contributed by atoms with Crippen molar-refractivity contribution in [3.05, 3.63) is 58.8 Å². The summed E-state index contributed by atoms with van der Waals surface area (Å²) in [4.78, 5) is 44.5. The molecule has 1 aromatic carbocycles. The number of benzene rings is 1. The first-order valence-electron chi connectivity index (χ1n) is 9.45. The predicted octanol–water partition coefficient (Wildman–Crippen LogP) is 3.55. The summed E-state index contributed by atoms with van der Waals surface area (Å²) in [5.41, 5.74) is 0.586. The molecule has 1 unspecified atom stereocenters. The maximum absolute atomic E-state index is 12.9. The maximum atomic E-state index is 12.9. The van der Waals surface area contributed by atoms with Crippen molar-refractivity contribution in [1.29, 1.82) is 0 Å². The quantitative estimate of drug-likeness (QED) is 0.421. The van der Waals surface area contributed by atoms with Crippen LogP contribution in [0.15, 0.2) is 46.3 Å². The topological polar surface area (TPSA) is 103 Å². The van der Waals surface area contributed by atoms with Gasteiger partial charge in [-0.05, 0) is 35.9 Å². The average Bonchev–Trinajstić information content (AvgIpc) is 3.46. The number of hydrogen-bond donors (Lipinski definition) is 0. The first-order valence-corrected chi connectivity index (χ1v) is 10.3. The Balaban J connectivity index is 1.50. The highest BCUT2D eigenvalue weighted by molar-refractivity contribution is 7.13. The van der Waals surface area contributed by atoms with Gasteiger partial charge in [-0.3, -0.25) is 14.5 Å². The van der Waals surface area contributed by atoms with E-state index in [2.05, 4.69) is 10.1 Å². The van der Waals surface area contributed by atoms with Gasteiger partial charge in [0.1, 0.15) is 6.04 Å². The van der Waals surface area contributed by atoms with Gasteiger partial charge < -0.3 is 9.26 Å². The molecule has 0 fully saturated rings. The van der Waals surface area contributed by atoms with Crippen molar-refractivity contribution in [2.75, 3.05) is 0 Å². The highest BCUT2D eigenvalue weighted by Gasteiger charge is 2.43. The van der Waals surface area contributed by atoms with E-state index in [-0.39, 0.29) is 24.8 Å². The lowest BCUT2D eigenvalue weighted by molar-refractivity contribution is -0.151. The number of carbonyl (C=O) groups excluding carboxylic acids is 3. The maximum Gasteiger partial charge on any atom is 0.329 e. The molecular formula is C21H19N3O5S. The molecule has 0 radical (unpaired) electrons. The number of rotatable bonds is 7. The molecule has 154 valence electrons. The van der Waals surface area contributed by atoms with Crippen LogP contribution in [-0.4, -0.2) is 38.9 Å². The number of amides is 2. The third-order valence-corrected chi connectivity index (χ3v) is 5.52. The summed E-state index contributed by atoms with van der Waals surface area (Å²) in [5, 5.41) is 5.77. The van der Waals surface area contributed by atoms with Crippen LogP contribution in [0.1, 0.15) is 46.9 Å². The number of ether oxygens (including phenoxy) is 1. The Morgan fingerprint density at radius 2 is 1.83 bits per heavy atom. The zero-order chi connectivity index (χ0) is 21.3. The summed E-state index contributed by atoms with van der Waals surface area (Å²) in [6.07, 6.45) is 0.286. The smallest absolute Gasteiger partial charge is 0.329 e.